The smallest absolute Gasteiger partial charge is 0.322 e. The second kappa shape index (κ2) is 11.9. The second-order valence-corrected chi connectivity index (χ2v) is 14.9. The Morgan fingerprint density at radius 3 is 2.19 bits per heavy atom. The lowest BCUT2D eigenvalue weighted by atomic mass is 9.52. The second-order valence-electron chi connectivity index (χ2n) is 14.9. The summed E-state index contributed by atoms with van der Waals surface area (Å²) in [5.74, 6) is 1.41. The van der Waals surface area contributed by atoms with Gasteiger partial charge in [0.2, 0.25) is 0 Å². The lowest BCUT2D eigenvalue weighted by molar-refractivity contribution is -0.136. The molecule has 4 bridgehead atoms. The fraction of sp³-hybridized carbons (Fsp3) is 0.500. The van der Waals surface area contributed by atoms with Crippen molar-refractivity contribution in [1.29, 1.82) is 0 Å². The van der Waals surface area contributed by atoms with E-state index < -0.39 is 5.60 Å². The zero-order valence-corrected chi connectivity index (χ0v) is 27.5. The molecule has 6 aliphatic rings. The third-order valence-corrected chi connectivity index (χ3v) is 11.6. The van der Waals surface area contributed by atoms with E-state index in [-0.39, 0.29) is 18.0 Å². The van der Waals surface area contributed by atoms with Gasteiger partial charge in [-0.15, -0.1) is 0 Å². The average molecular weight is 635 g/mol. The molecule has 5 atom stereocenters. The molecule has 9 heteroatoms. The molecule has 3 aromatic rings. The summed E-state index contributed by atoms with van der Waals surface area (Å²) in [7, 11) is 0. The van der Waals surface area contributed by atoms with E-state index in [4.69, 9.17) is 0 Å². The first-order chi connectivity index (χ1) is 22.7. The van der Waals surface area contributed by atoms with E-state index in [9.17, 15) is 14.7 Å². The number of benzene rings is 2. The molecule has 2 aliphatic heterocycles. The Morgan fingerprint density at radius 1 is 0.851 bits per heavy atom. The van der Waals surface area contributed by atoms with Crippen molar-refractivity contribution >= 4 is 29.0 Å². The number of rotatable bonds is 5. The van der Waals surface area contributed by atoms with Crippen LogP contribution in [0.4, 0.5) is 21.9 Å². The molecular weight excluding hydrogens is 588 g/mol. The van der Waals surface area contributed by atoms with Gasteiger partial charge in [0, 0.05) is 68.8 Å². The van der Waals surface area contributed by atoms with E-state index in [1.165, 1.54) is 0 Å². The number of piperazine rings is 1. The molecule has 3 heterocycles. The third kappa shape index (κ3) is 5.67. The maximum Gasteiger partial charge on any atom is 0.322 e. The molecule has 1 saturated heterocycles. The highest BCUT2D eigenvalue weighted by molar-refractivity contribution is 5.98. The minimum Gasteiger partial charge on any atom is -0.390 e. The number of aromatic nitrogens is 1. The summed E-state index contributed by atoms with van der Waals surface area (Å²) in [6, 6.07) is 21.0. The topological polar surface area (TPSA) is 92.2 Å². The summed E-state index contributed by atoms with van der Waals surface area (Å²) >= 11 is 0. The Hall–Kier alpha value is -3.95. The summed E-state index contributed by atoms with van der Waals surface area (Å²) in [6.45, 7) is 8.97. The highest BCUT2D eigenvalue weighted by Gasteiger charge is 2.55. The lowest BCUT2D eigenvalue weighted by Gasteiger charge is -2.58. The summed E-state index contributed by atoms with van der Waals surface area (Å²) in [6.07, 6.45) is 6.53. The minimum atomic E-state index is -0.507. The fourth-order valence-corrected chi connectivity index (χ4v) is 9.41. The number of aliphatic hydroxyl groups is 1. The number of nitrogens with one attached hydrogen (secondary N) is 1. The summed E-state index contributed by atoms with van der Waals surface area (Å²) in [5.41, 5.74) is 4.92. The number of anilines is 3. The highest BCUT2D eigenvalue weighted by atomic mass is 16.3. The first-order valence-electron chi connectivity index (χ1n) is 17.5. The van der Waals surface area contributed by atoms with Crippen molar-refractivity contribution in [2.75, 3.05) is 49.1 Å². The van der Waals surface area contributed by atoms with Crippen LogP contribution in [0, 0.1) is 17.8 Å². The van der Waals surface area contributed by atoms with Gasteiger partial charge >= 0.3 is 6.03 Å². The van der Waals surface area contributed by atoms with Gasteiger partial charge in [-0.3, -0.25) is 19.6 Å². The molecule has 0 radical (unpaired) electrons. The van der Waals surface area contributed by atoms with Crippen molar-refractivity contribution in [2.45, 2.75) is 63.6 Å². The maximum absolute atomic E-state index is 13.8. The van der Waals surface area contributed by atoms with Crippen LogP contribution >= 0.6 is 0 Å². The van der Waals surface area contributed by atoms with Gasteiger partial charge in [0.15, 0.2) is 0 Å². The molecule has 1 aromatic heterocycles. The van der Waals surface area contributed by atoms with Crippen molar-refractivity contribution < 1.29 is 14.7 Å². The molecule has 2 aromatic carbocycles. The van der Waals surface area contributed by atoms with Crippen LogP contribution in [0.25, 0.3) is 11.3 Å². The van der Waals surface area contributed by atoms with Gasteiger partial charge in [-0.25, -0.2) is 4.79 Å². The number of hydrogen-bond donors (Lipinski definition) is 2. The van der Waals surface area contributed by atoms with Crippen LogP contribution in [0.15, 0.2) is 66.9 Å². The summed E-state index contributed by atoms with van der Waals surface area (Å²) < 4.78 is 0. The van der Waals surface area contributed by atoms with Gasteiger partial charge in [0.25, 0.3) is 5.91 Å². The first-order valence-corrected chi connectivity index (χ1v) is 17.5. The number of fused-ring (bicyclic) bond motifs is 1. The number of para-hydroxylation sites is 2. The quantitative estimate of drug-likeness (QED) is 0.384. The number of pyridine rings is 1. The van der Waals surface area contributed by atoms with Crippen molar-refractivity contribution in [2.24, 2.45) is 17.8 Å². The minimum absolute atomic E-state index is 0.0252. The highest BCUT2D eigenvalue weighted by Crippen LogP contribution is 2.55. The van der Waals surface area contributed by atoms with Gasteiger partial charge in [-0.1, -0.05) is 24.3 Å². The summed E-state index contributed by atoms with van der Waals surface area (Å²) in [4.78, 5) is 40.0. The van der Waals surface area contributed by atoms with E-state index in [2.05, 4.69) is 64.3 Å². The van der Waals surface area contributed by atoms with Crippen molar-refractivity contribution in [3.63, 3.8) is 0 Å². The van der Waals surface area contributed by atoms with Gasteiger partial charge in [0.1, 0.15) is 0 Å². The molecule has 3 unspecified atom stereocenters. The Kier molecular flexibility index (Phi) is 7.72. The molecule has 5 fully saturated rings. The van der Waals surface area contributed by atoms with E-state index in [1.54, 1.807) is 6.20 Å². The fourth-order valence-electron chi connectivity index (χ4n) is 9.41. The third-order valence-electron chi connectivity index (χ3n) is 11.6. The Labute approximate surface area is 277 Å². The normalized spacial score (nSPS) is 28.5. The van der Waals surface area contributed by atoms with Gasteiger partial charge in [0.05, 0.1) is 28.2 Å². The number of urea groups is 1. The molecule has 3 amide bonds. The van der Waals surface area contributed by atoms with E-state index in [1.807, 2.05) is 40.1 Å². The average Bonchev–Trinajstić information content (AvgIpc) is 3.08. The molecule has 0 spiro atoms. The number of amides is 3. The largest absolute Gasteiger partial charge is 0.390 e. The predicted octanol–water partition coefficient (Wildman–Crippen LogP) is 5.52. The number of nitrogens with zero attached hydrogens (tertiary/aromatic N) is 5. The molecule has 246 valence electrons. The Balaban J connectivity index is 0.934. The van der Waals surface area contributed by atoms with Gasteiger partial charge in [-0.2, -0.15) is 0 Å². The van der Waals surface area contributed by atoms with E-state index >= 15 is 0 Å². The molecule has 4 saturated carbocycles. The maximum atomic E-state index is 13.8. The molecule has 4 aliphatic carbocycles. The standard InChI is InChI=1S/C38H46N6O3/c1-25(2)41-13-15-42(16-14-41)36(45)28-9-12-32(39-24-28)27-7-10-31(11-8-27)43-17-18-44(34-6-4-3-5-33(34)43)37(46)40-35-29-19-26-20-30(35)23-38(47,21-26)22-29/h3-12,24-26,29-30,35,47H,13-23H2,1-2H3,(H,40,46)/t26?,29-,30+,35?,38?. The van der Waals surface area contributed by atoms with Crippen molar-refractivity contribution in [3.05, 3.63) is 72.4 Å². The molecule has 2 N–H and O–H groups in total. The van der Waals surface area contributed by atoms with E-state index in [0.717, 1.165) is 86.6 Å². The number of carbonyl (C=O) groups excluding carboxylic acids is 2. The van der Waals surface area contributed by atoms with Crippen LogP contribution < -0.4 is 15.1 Å². The van der Waals surface area contributed by atoms with Crippen LogP contribution in [0.3, 0.4) is 0 Å². The predicted molar refractivity (Wildman–Crippen MR) is 184 cm³/mol. The van der Waals surface area contributed by atoms with Gasteiger partial charge < -0.3 is 20.2 Å². The van der Waals surface area contributed by atoms with Crippen LogP contribution in [-0.2, 0) is 0 Å². The number of hydrogen-bond acceptors (Lipinski definition) is 6. The molecule has 9 nitrogen and oxygen atoms in total. The number of carbonyl (C=O) groups is 2. The first kappa shape index (κ1) is 30.4. The van der Waals surface area contributed by atoms with Crippen LogP contribution in [0.2, 0.25) is 0 Å². The zero-order chi connectivity index (χ0) is 32.3. The van der Waals surface area contributed by atoms with Gasteiger partial charge in [-0.05, 0) is 100 Å². The summed E-state index contributed by atoms with van der Waals surface area (Å²) in [5, 5.41) is 14.4. The van der Waals surface area contributed by atoms with E-state index in [0.29, 0.717) is 42.4 Å². The molecule has 9 rings (SSSR count). The molecular formula is C38H46N6O3. The molecule has 47 heavy (non-hydrogen) atoms. The SMILES string of the molecule is CC(C)N1CCN(C(=O)c2ccc(-c3ccc(N4CCN(C(=O)NC5[C@@H]6CC7C[C@H]5CC(O)(C7)C6)c5ccccc54)cc3)nc2)CC1. The monoisotopic (exact) mass is 634 g/mol. The van der Waals surface area contributed by atoms with Crippen LogP contribution in [0.5, 0.6) is 0 Å². The lowest BCUT2D eigenvalue weighted by Crippen LogP contribution is -2.63. The van der Waals surface area contributed by atoms with Crippen molar-refractivity contribution in [3.8, 4) is 11.3 Å². The van der Waals surface area contributed by atoms with Crippen LogP contribution in [-0.4, -0.2) is 88.8 Å². The Morgan fingerprint density at radius 2 is 1.55 bits per heavy atom. The Bertz CT molecular complexity index is 1620. The van der Waals surface area contributed by atoms with Crippen molar-refractivity contribution in [1.82, 2.24) is 20.1 Å². The zero-order valence-electron chi connectivity index (χ0n) is 27.5. The van der Waals surface area contributed by atoms with Crippen LogP contribution in [0.1, 0.15) is 56.3 Å².